The van der Waals surface area contributed by atoms with E-state index in [0.717, 1.165) is 13.2 Å². The summed E-state index contributed by atoms with van der Waals surface area (Å²) in [5, 5.41) is 0. The molecule has 1 N–H and O–H groups in total. The summed E-state index contributed by atoms with van der Waals surface area (Å²) >= 11 is -2.40. The van der Waals surface area contributed by atoms with Gasteiger partial charge in [-0.05, 0) is 24.6 Å². The van der Waals surface area contributed by atoms with Crippen LogP contribution in [-0.2, 0) is 20.6 Å². The maximum absolute atomic E-state index is 11.6. The quantitative estimate of drug-likeness (QED) is 0.653. The Labute approximate surface area is 113 Å². The van der Waals surface area contributed by atoms with Crippen molar-refractivity contribution in [3.63, 3.8) is 0 Å². The maximum Gasteiger partial charge on any atom is 0.339 e. The summed E-state index contributed by atoms with van der Waals surface area (Å²) in [5.41, 5.74) is 0.0499. The van der Waals surface area contributed by atoms with Crippen molar-refractivity contribution < 1.29 is 27.8 Å². The Hall–Kier alpha value is -1.73. The Morgan fingerprint density at radius 2 is 2.00 bits per heavy atom. The fourth-order valence-electron chi connectivity index (χ4n) is 1.35. The molecule has 104 valence electrons. The van der Waals surface area contributed by atoms with E-state index >= 15 is 0 Å². The number of esters is 2. The largest absolute Gasteiger partial charge is 0.465 e. The molecule has 1 aromatic rings. The second-order valence-electron chi connectivity index (χ2n) is 3.59. The van der Waals surface area contributed by atoms with Crippen LogP contribution in [0, 0.1) is 0 Å². The van der Waals surface area contributed by atoms with Crippen LogP contribution in [0.1, 0.15) is 34.1 Å². The Kier molecular flexibility index (Phi) is 5.65. The molecule has 1 unspecified atom stereocenters. The Balaban J connectivity index is 3.12. The summed E-state index contributed by atoms with van der Waals surface area (Å²) in [5.74, 6) is -1.35. The van der Waals surface area contributed by atoms with Gasteiger partial charge in [0.15, 0.2) is 11.1 Å². The van der Waals surface area contributed by atoms with Gasteiger partial charge in [-0.3, -0.25) is 0 Å². The first-order valence-corrected chi connectivity index (χ1v) is 6.62. The molecule has 0 aromatic heterocycles. The van der Waals surface area contributed by atoms with Gasteiger partial charge in [-0.2, -0.15) is 0 Å². The molecule has 1 aromatic carbocycles. The highest BCUT2D eigenvalue weighted by Gasteiger charge is 2.19. The lowest BCUT2D eigenvalue weighted by molar-refractivity contribution is 0.0502. The number of carbonyl (C=O) groups excluding carboxylic acids is 2. The minimum absolute atomic E-state index is 0.0598. The van der Waals surface area contributed by atoms with Gasteiger partial charge < -0.3 is 14.0 Å². The highest BCUT2D eigenvalue weighted by molar-refractivity contribution is 7.79. The minimum Gasteiger partial charge on any atom is -0.465 e. The van der Waals surface area contributed by atoms with E-state index in [4.69, 9.17) is 9.29 Å². The first-order chi connectivity index (χ1) is 9.01. The molecule has 1 atom stereocenters. The topological polar surface area (TPSA) is 89.9 Å². The zero-order valence-electron chi connectivity index (χ0n) is 10.5. The number of rotatable bonds is 5. The Morgan fingerprint density at radius 3 is 2.53 bits per heavy atom. The molecular formula is C12H14O6S. The summed E-state index contributed by atoms with van der Waals surface area (Å²) in [7, 11) is 1.16. The smallest absolute Gasteiger partial charge is 0.339 e. The van der Waals surface area contributed by atoms with E-state index in [9.17, 15) is 13.8 Å². The van der Waals surface area contributed by atoms with Crippen LogP contribution in [0.25, 0.3) is 0 Å². The molecular weight excluding hydrogens is 272 g/mol. The highest BCUT2D eigenvalue weighted by atomic mass is 32.2. The molecule has 7 heteroatoms. The Morgan fingerprint density at radius 1 is 1.32 bits per heavy atom. The standard InChI is InChI=1S/C12H14O6S/c1-3-6-18-11(13)8-4-5-9(12(14)17-2)10(7-8)19(15)16/h4-5,7H,3,6H2,1-2H3,(H,15,16). The molecule has 0 heterocycles. The monoisotopic (exact) mass is 286 g/mol. The highest BCUT2D eigenvalue weighted by Crippen LogP contribution is 2.17. The normalized spacial score (nSPS) is 11.7. The van der Waals surface area contributed by atoms with Crippen LogP contribution in [0.4, 0.5) is 0 Å². The van der Waals surface area contributed by atoms with Gasteiger partial charge >= 0.3 is 11.9 Å². The minimum atomic E-state index is -2.40. The van der Waals surface area contributed by atoms with Crippen LogP contribution < -0.4 is 0 Å². The van der Waals surface area contributed by atoms with Gasteiger partial charge in [0.1, 0.15) is 0 Å². The molecule has 0 aliphatic carbocycles. The van der Waals surface area contributed by atoms with E-state index in [1.165, 1.54) is 12.1 Å². The predicted molar refractivity (Wildman–Crippen MR) is 67.4 cm³/mol. The van der Waals surface area contributed by atoms with E-state index in [0.29, 0.717) is 6.42 Å². The molecule has 6 nitrogen and oxygen atoms in total. The summed E-state index contributed by atoms with van der Waals surface area (Å²) in [6, 6.07) is 3.76. The van der Waals surface area contributed by atoms with Crippen molar-refractivity contribution in [1.82, 2.24) is 0 Å². The van der Waals surface area contributed by atoms with E-state index in [-0.39, 0.29) is 22.6 Å². The van der Waals surface area contributed by atoms with Crippen molar-refractivity contribution in [3.8, 4) is 0 Å². The summed E-state index contributed by atoms with van der Waals surface area (Å²) < 4.78 is 29.7. The fourth-order valence-corrected chi connectivity index (χ4v) is 1.92. The second kappa shape index (κ2) is 7.01. The van der Waals surface area contributed by atoms with Crippen LogP contribution in [0.15, 0.2) is 23.1 Å². The molecule has 1 rings (SSSR count). The molecule has 0 spiro atoms. The predicted octanol–water partition coefficient (Wildman–Crippen LogP) is 1.62. The van der Waals surface area contributed by atoms with Crippen LogP contribution in [-0.4, -0.2) is 34.4 Å². The van der Waals surface area contributed by atoms with E-state index in [1.807, 2.05) is 6.92 Å². The number of ether oxygens (including phenoxy) is 2. The van der Waals surface area contributed by atoms with Gasteiger partial charge in [-0.25, -0.2) is 13.8 Å². The van der Waals surface area contributed by atoms with Crippen LogP contribution in [0.3, 0.4) is 0 Å². The first-order valence-electron chi connectivity index (χ1n) is 5.51. The van der Waals surface area contributed by atoms with Crippen LogP contribution in [0.2, 0.25) is 0 Å². The molecule has 0 bridgehead atoms. The van der Waals surface area contributed by atoms with Gasteiger partial charge in [0, 0.05) is 0 Å². The lowest BCUT2D eigenvalue weighted by Crippen LogP contribution is -2.11. The van der Waals surface area contributed by atoms with Crippen LogP contribution in [0.5, 0.6) is 0 Å². The number of benzene rings is 1. The summed E-state index contributed by atoms with van der Waals surface area (Å²) in [6.07, 6.45) is 0.671. The number of methoxy groups -OCH3 is 1. The van der Waals surface area contributed by atoms with Crippen molar-refractivity contribution in [2.75, 3.05) is 13.7 Å². The second-order valence-corrected chi connectivity index (χ2v) is 4.53. The summed E-state index contributed by atoms with van der Waals surface area (Å²) in [4.78, 5) is 22.8. The van der Waals surface area contributed by atoms with Crippen molar-refractivity contribution >= 4 is 23.0 Å². The third-order valence-electron chi connectivity index (χ3n) is 2.25. The van der Waals surface area contributed by atoms with Crippen molar-refractivity contribution in [2.24, 2.45) is 0 Å². The SMILES string of the molecule is CCCOC(=O)c1ccc(C(=O)OC)c(S(=O)O)c1. The van der Waals surface area contributed by atoms with E-state index < -0.39 is 23.0 Å². The lowest BCUT2D eigenvalue weighted by atomic mass is 10.1. The van der Waals surface area contributed by atoms with Crippen molar-refractivity contribution in [1.29, 1.82) is 0 Å². The average Bonchev–Trinajstić information content (AvgIpc) is 2.43. The third kappa shape index (κ3) is 3.87. The maximum atomic E-state index is 11.6. The molecule has 0 fully saturated rings. The van der Waals surface area contributed by atoms with Gasteiger partial charge in [0.2, 0.25) is 0 Å². The first kappa shape index (κ1) is 15.3. The van der Waals surface area contributed by atoms with Crippen LogP contribution >= 0.6 is 0 Å². The van der Waals surface area contributed by atoms with Gasteiger partial charge in [0.25, 0.3) is 0 Å². The van der Waals surface area contributed by atoms with Gasteiger partial charge in [0.05, 0.1) is 29.7 Å². The summed E-state index contributed by atoms with van der Waals surface area (Å²) in [6.45, 7) is 2.11. The number of hydrogen-bond donors (Lipinski definition) is 1. The molecule has 0 amide bonds. The lowest BCUT2D eigenvalue weighted by Gasteiger charge is -2.07. The van der Waals surface area contributed by atoms with Gasteiger partial charge in [-0.15, -0.1) is 0 Å². The third-order valence-corrected chi connectivity index (χ3v) is 2.96. The van der Waals surface area contributed by atoms with Crippen molar-refractivity contribution in [3.05, 3.63) is 29.3 Å². The molecule has 19 heavy (non-hydrogen) atoms. The molecule has 0 radical (unpaired) electrons. The number of hydrogen-bond acceptors (Lipinski definition) is 5. The zero-order chi connectivity index (χ0) is 14.4. The molecule has 0 aliphatic heterocycles. The average molecular weight is 286 g/mol. The molecule has 0 saturated heterocycles. The molecule has 0 aliphatic rings. The van der Waals surface area contributed by atoms with E-state index in [1.54, 1.807) is 0 Å². The Bertz CT molecular complexity index is 511. The number of carbonyl (C=O) groups is 2. The fraction of sp³-hybridized carbons (Fsp3) is 0.333. The van der Waals surface area contributed by atoms with E-state index in [2.05, 4.69) is 4.74 Å². The zero-order valence-corrected chi connectivity index (χ0v) is 11.4. The van der Waals surface area contributed by atoms with Gasteiger partial charge in [-0.1, -0.05) is 6.92 Å². The van der Waals surface area contributed by atoms with Crippen molar-refractivity contribution in [2.45, 2.75) is 18.2 Å². The molecule has 0 saturated carbocycles.